The molecular formula is C24H32N4O3. The molecule has 2 amide bonds. The second-order valence-corrected chi connectivity index (χ2v) is 7.76. The zero-order chi connectivity index (χ0) is 22.1. The highest BCUT2D eigenvalue weighted by Crippen LogP contribution is 2.25. The van der Waals surface area contributed by atoms with E-state index >= 15 is 0 Å². The molecule has 2 aromatic carbocycles. The van der Waals surface area contributed by atoms with Crippen LogP contribution in [0.5, 0.6) is 5.75 Å². The quantitative estimate of drug-likeness (QED) is 0.325. The summed E-state index contributed by atoms with van der Waals surface area (Å²) in [5.74, 6) is -0.0368. The summed E-state index contributed by atoms with van der Waals surface area (Å²) in [4.78, 5) is 29.1. The number of Topliss-reactive ketones (excluding diaryl/α,β-unsaturated/α-hetero) is 1. The topological polar surface area (TPSA) is 84.9 Å². The van der Waals surface area contributed by atoms with Crippen molar-refractivity contribution in [3.8, 4) is 5.75 Å². The Balaban J connectivity index is 1.39. The molecule has 0 bridgehead atoms. The van der Waals surface area contributed by atoms with Crippen LogP contribution >= 0.6 is 0 Å². The Bertz CT molecular complexity index is 864. The lowest BCUT2D eigenvalue weighted by molar-refractivity contribution is 0.0977. The van der Waals surface area contributed by atoms with Gasteiger partial charge in [0.05, 0.1) is 5.69 Å². The van der Waals surface area contributed by atoms with Gasteiger partial charge in [-0.2, -0.15) is 0 Å². The summed E-state index contributed by atoms with van der Waals surface area (Å²) < 4.78 is 0. The van der Waals surface area contributed by atoms with Crippen LogP contribution in [0, 0.1) is 0 Å². The van der Waals surface area contributed by atoms with Crippen molar-refractivity contribution in [3.05, 3.63) is 54.1 Å². The number of anilines is 2. The lowest BCUT2D eigenvalue weighted by Gasteiger charge is -2.36. The fraction of sp³-hybridized carbons (Fsp3) is 0.417. The number of nitrogens with zero attached hydrogens (tertiary/aromatic N) is 2. The van der Waals surface area contributed by atoms with Gasteiger partial charge in [-0.15, -0.1) is 0 Å². The van der Waals surface area contributed by atoms with Gasteiger partial charge in [0.2, 0.25) is 0 Å². The molecule has 166 valence electrons. The molecule has 0 unspecified atom stereocenters. The normalized spacial score (nSPS) is 14.3. The first kappa shape index (κ1) is 22.6. The molecule has 0 spiro atoms. The molecule has 1 aliphatic heterocycles. The zero-order valence-electron chi connectivity index (χ0n) is 18.1. The minimum Gasteiger partial charge on any atom is -0.506 e. The van der Waals surface area contributed by atoms with Gasteiger partial charge in [-0.25, -0.2) is 4.79 Å². The summed E-state index contributed by atoms with van der Waals surface area (Å²) >= 11 is 0. The lowest BCUT2D eigenvalue weighted by atomic mass is 10.0. The number of piperazine rings is 1. The monoisotopic (exact) mass is 424 g/mol. The Morgan fingerprint density at radius 1 is 1.00 bits per heavy atom. The molecule has 3 rings (SSSR count). The van der Waals surface area contributed by atoms with Crippen LogP contribution < -0.4 is 15.5 Å². The van der Waals surface area contributed by atoms with Crippen LogP contribution in [0.4, 0.5) is 16.2 Å². The molecular weight excluding hydrogens is 392 g/mol. The van der Waals surface area contributed by atoms with Crippen molar-refractivity contribution in [2.75, 3.05) is 49.5 Å². The van der Waals surface area contributed by atoms with Crippen LogP contribution in [0.1, 0.15) is 36.5 Å². The van der Waals surface area contributed by atoms with Crippen molar-refractivity contribution in [1.29, 1.82) is 0 Å². The summed E-state index contributed by atoms with van der Waals surface area (Å²) in [6, 6.07) is 14.7. The van der Waals surface area contributed by atoms with Gasteiger partial charge in [-0.05, 0) is 56.6 Å². The third-order valence-electron chi connectivity index (χ3n) is 5.53. The molecule has 3 N–H and O–H groups in total. The maximum atomic E-state index is 12.5. The molecule has 0 aromatic heterocycles. The number of aromatic hydroxyl groups is 1. The first-order valence-corrected chi connectivity index (χ1v) is 11.0. The van der Waals surface area contributed by atoms with Gasteiger partial charge >= 0.3 is 6.03 Å². The van der Waals surface area contributed by atoms with Crippen molar-refractivity contribution >= 4 is 23.2 Å². The highest BCUT2D eigenvalue weighted by atomic mass is 16.3. The van der Waals surface area contributed by atoms with E-state index in [0.29, 0.717) is 18.5 Å². The Labute approximate surface area is 184 Å². The third-order valence-corrected chi connectivity index (χ3v) is 5.53. The molecule has 7 heteroatoms. The number of para-hydroxylation sites is 1. The number of unbranched alkanes of at least 4 members (excludes halogenated alkanes) is 1. The van der Waals surface area contributed by atoms with Crippen LogP contribution in [0.3, 0.4) is 0 Å². The summed E-state index contributed by atoms with van der Waals surface area (Å²) in [6.07, 6.45) is 2.24. The van der Waals surface area contributed by atoms with Crippen molar-refractivity contribution in [2.24, 2.45) is 0 Å². The predicted octanol–water partition coefficient (Wildman–Crippen LogP) is 3.71. The molecule has 0 saturated carbocycles. The average molecular weight is 425 g/mol. The maximum Gasteiger partial charge on any atom is 0.319 e. The first-order valence-electron chi connectivity index (χ1n) is 11.0. The number of rotatable bonds is 9. The second kappa shape index (κ2) is 11.4. The van der Waals surface area contributed by atoms with Crippen LogP contribution in [0.15, 0.2) is 48.5 Å². The average Bonchev–Trinajstić information content (AvgIpc) is 2.79. The molecule has 1 heterocycles. The molecule has 7 nitrogen and oxygen atoms in total. The molecule has 1 aliphatic rings. The predicted molar refractivity (Wildman–Crippen MR) is 124 cm³/mol. The SMILES string of the molecule is CCNC(=O)Nc1cc(C(=O)CCCCN2CCN(c3ccccc3)CC2)ccc1O. The number of amides is 2. The van der Waals surface area contributed by atoms with E-state index in [0.717, 1.165) is 45.6 Å². The summed E-state index contributed by atoms with van der Waals surface area (Å²) in [5.41, 5.74) is 2.02. The smallest absolute Gasteiger partial charge is 0.319 e. The maximum absolute atomic E-state index is 12.5. The van der Waals surface area contributed by atoms with E-state index in [2.05, 4.69) is 44.7 Å². The lowest BCUT2D eigenvalue weighted by Crippen LogP contribution is -2.46. The van der Waals surface area contributed by atoms with Crippen molar-refractivity contribution < 1.29 is 14.7 Å². The van der Waals surface area contributed by atoms with E-state index < -0.39 is 6.03 Å². The van der Waals surface area contributed by atoms with E-state index in [1.807, 2.05) is 13.0 Å². The number of ketones is 1. The van der Waals surface area contributed by atoms with Gasteiger partial charge in [-0.1, -0.05) is 18.2 Å². The van der Waals surface area contributed by atoms with Gasteiger partial charge in [0, 0.05) is 50.4 Å². The van der Waals surface area contributed by atoms with Gasteiger partial charge in [0.25, 0.3) is 0 Å². The zero-order valence-corrected chi connectivity index (χ0v) is 18.1. The number of phenols is 1. The first-order chi connectivity index (χ1) is 15.1. The molecule has 0 radical (unpaired) electrons. The largest absolute Gasteiger partial charge is 0.506 e. The van der Waals surface area contributed by atoms with E-state index in [9.17, 15) is 14.7 Å². The van der Waals surface area contributed by atoms with E-state index in [4.69, 9.17) is 0 Å². The van der Waals surface area contributed by atoms with Gasteiger partial charge in [0.15, 0.2) is 5.78 Å². The Kier molecular flexibility index (Phi) is 8.29. The number of phenolic OH excluding ortho intramolecular Hbond substituents is 1. The van der Waals surface area contributed by atoms with Gasteiger partial charge in [-0.3, -0.25) is 9.69 Å². The summed E-state index contributed by atoms with van der Waals surface area (Å²) in [5, 5.41) is 15.1. The van der Waals surface area contributed by atoms with E-state index in [1.54, 1.807) is 6.07 Å². The fourth-order valence-corrected chi connectivity index (χ4v) is 3.77. The van der Waals surface area contributed by atoms with Crippen LogP contribution in [-0.4, -0.2) is 61.1 Å². The number of carbonyl (C=O) groups excluding carboxylic acids is 2. The van der Waals surface area contributed by atoms with Crippen LogP contribution in [-0.2, 0) is 0 Å². The number of carbonyl (C=O) groups is 2. The van der Waals surface area contributed by atoms with Crippen LogP contribution in [0.25, 0.3) is 0 Å². The summed E-state index contributed by atoms with van der Waals surface area (Å²) in [6.45, 7) is 7.41. The second-order valence-electron chi connectivity index (χ2n) is 7.76. The Morgan fingerprint density at radius 3 is 2.45 bits per heavy atom. The number of benzene rings is 2. The standard InChI is InChI=1S/C24H32N4O3/c1-2-25-24(31)26-21-18-19(11-12-23(21)30)22(29)10-6-7-13-27-14-16-28(17-15-27)20-8-4-3-5-9-20/h3-5,8-9,11-12,18,30H,2,6-7,10,13-17H2,1H3,(H2,25,26,31). The molecule has 31 heavy (non-hydrogen) atoms. The van der Waals surface area contributed by atoms with Crippen LogP contribution in [0.2, 0.25) is 0 Å². The minimum absolute atomic E-state index is 0.0212. The van der Waals surface area contributed by atoms with E-state index in [1.165, 1.54) is 17.8 Å². The minimum atomic E-state index is -0.408. The molecule has 1 saturated heterocycles. The summed E-state index contributed by atoms with van der Waals surface area (Å²) in [7, 11) is 0. The highest BCUT2D eigenvalue weighted by molar-refractivity contribution is 5.99. The Hall–Kier alpha value is -3.06. The molecule has 0 atom stereocenters. The molecule has 1 fully saturated rings. The third kappa shape index (κ3) is 6.72. The van der Waals surface area contributed by atoms with Crippen molar-refractivity contribution in [3.63, 3.8) is 0 Å². The van der Waals surface area contributed by atoms with Crippen molar-refractivity contribution in [1.82, 2.24) is 10.2 Å². The molecule has 2 aromatic rings. The Morgan fingerprint density at radius 2 is 1.74 bits per heavy atom. The van der Waals surface area contributed by atoms with Gasteiger partial charge in [0.1, 0.15) is 5.75 Å². The number of hydrogen-bond donors (Lipinski definition) is 3. The van der Waals surface area contributed by atoms with Gasteiger partial charge < -0.3 is 20.6 Å². The number of nitrogens with one attached hydrogen (secondary N) is 2. The highest BCUT2D eigenvalue weighted by Gasteiger charge is 2.17. The van der Waals surface area contributed by atoms with E-state index in [-0.39, 0.29) is 17.2 Å². The van der Waals surface area contributed by atoms with Crippen molar-refractivity contribution in [2.45, 2.75) is 26.2 Å². The fourth-order valence-electron chi connectivity index (χ4n) is 3.77. The number of urea groups is 1. The number of hydrogen-bond acceptors (Lipinski definition) is 5. The molecule has 0 aliphatic carbocycles.